The molecule has 0 bridgehead atoms. The monoisotopic (exact) mass is 394 g/mol. The van der Waals surface area contributed by atoms with E-state index in [1.165, 1.54) is 17.0 Å². The molecule has 0 spiro atoms. The first kappa shape index (κ1) is 18.7. The van der Waals surface area contributed by atoms with Crippen molar-refractivity contribution < 1.29 is 29.0 Å². The van der Waals surface area contributed by atoms with Crippen molar-refractivity contribution >= 4 is 23.7 Å². The van der Waals surface area contributed by atoms with Crippen molar-refractivity contribution in [1.82, 2.24) is 10.2 Å². The number of carbonyl (C=O) groups is 4. The Bertz CT molecular complexity index is 1010. The Balaban J connectivity index is 1.50. The fourth-order valence-electron chi connectivity index (χ4n) is 3.60. The number of imide groups is 1. The topological polar surface area (TPSA) is 113 Å². The quantitative estimate of drug-likeness (QED) is 0.747. The van der Waals surface area contributed by atoms with Crippen LogP contribution in [0.4, 0.5) is 0 Å². The Labute approximate surface area is 166 Å². The Kier molecular flexibility index (Phi) is 4.75. The maximum absolute atomic E-state index is 12.8. The third kappa shape index (κ3) is 3.56. The normalized spacial score (nSPS) is 18.4. The Morgan fingerprint density at radius 2 is 1.90 bits per heavy atom. The number of rotatable bonds is 5. The molecule has 3 amide bonds. The molecule has 4 rings (SSSR count). The van der Waals surface area contributed by atoms with Crippen molar-refractivity contribution in [3.63, 3.8) is 0 Å². The fraction of sp³-hybridized carbons (Fsp3) is 0.238. The molecule has 2 aromatic carbocycles. The summed E-state index contributed by atoms with van der Waals surface area (Å²) < 4.78 is 5.88. The van der Waals surface area contributed by atoms with Gasteiger partial charge in [0.05, 0.1) is 12.1 Å². The van der Waals surface area contributed by atoms with E-state index in [-0.39, 0.29) is 37.0 Å². The van der Waals surface area contributed by atoms with Gasteiger partial charge in [0.1, 0.15) is 18.4 Å². The van der Waals surface area contributed by atoms with E-state index < -0.39 is 17.9 Å². The second-order valence-electron chi connectivity index (χ2n) is 6.97. The third-order valence-corrected chi connectivity index (χ3v) is 5.13. The highest BCUT2D eigenvalue weighted by atomic mass is 16.5. The second-order valence-corrected chi connectivity index (χ2v) is 6.97. The summed E-state index contributed by atoms with van der Waals surface area (Å²) in [6.07, 6.45) is 0.503. The van der Waals surface area contributed by atoms with Gasteiger partial charge < -0.3 is 14.7 Å². The molecule has 1 fully saturated rings. The molecule has 0 radical (unpaired) electrons. The number of amides is 3. The van der Waals surface area contributed by atoms with E-state index in [2.05, 4.69) is 5.32 Å². The molecule has 29 heavy (non-hydrogen) atoms. The summed E-state index contributed by atoms with van der Waals surface area (Å²) >= 11 is 0. The molecule has 2 heterocycles. The van der Waals surface area contributed by atoms with Crippen LogP contribution in [0.25, 0.3) is 0 Å². The Hall–Kier alpha value is -3.68. The van der Waals surface area contributed by atoms with Crippen LogP contribution in [0, 0.1) is 0 Å². The summed E-state index contributed by atoms with van der Waals surface area (Å²) in [4.78, 5) is 48.8. The zero-order valence-electron chi connectivity index (χ0n) is 15.4. The van der Waals surface area contributed by atoms with Gasteiger partial charge in [-0.1, -0.05) is 18.2 Å². The van der Waals surface area contributed by atoms with Crippen LogP contribution in [0.3, 0.4) is 0 Å². The Morgan fingerprint density at radius 3 is 2.59 bits per heavy atom. The summed E-state index contributed by atoms with van der Waals surface area (Å²) in [5, 5.41) is 11.2. The van der Waals surface area contributed by atoms with E-state index in [4.69, 9.17) is 9.84 Å². The van der Waals surface area contributed by atoms with E-state index in [0.717, 1.165) is 5.56 Å². The predicted octanol–water partition coefficient (Wildman–Crippen LogP) is 1.72. The SMILES string of the molecule is O=C1CCC(N2Cc3c(OCc4ccc(C(=O)O)cc4)cccc3C2=O)C(=O)N1. The summed E-state index contributed by atoms with van der Waals surface area (Å²) in [5.41, 5.74) is 2.16. The highest BCUT2D eigenvalue weighted by Gasteiger charge is 2.40. The highest BCUT2D eigenvalue weighted by molar-refractivity contribution is 6.05. The van der Waals surface area contributed by atoms with Crippen molar-refractivity contribution in [2.24, 2.45) is 0 Å². The van der Waals surface area contributed by atoms with E-state index >= 15 is 0 Å². The van der Waals surface area contributed by atoms with Gasteiger partial charge in [-0.3, -0.25) is 19.7 Å². The number of benzene rings is 2. The van der Waals surface area contributed by atoms with Crippen LogP contribution in [-0.2, 0) is 22.7 Å². The van der Waals surface area contributed by atoms with E-state index in [0.29, 0.717) is 23.3 Å². The van der Waals surface area contributed by atoms with Crippen molar-refractivity contribution in [1.29, 1.82) is 0 Å². The number of carboxylic acids is 1. The van der Waals surface area contributed by atoms with Crippen molar-refractivity contribution in [3.8, 4) is 5.75 Å². The van der Waals surface area contributed by atoms with Gasteiger partial charge in [0.25, 0.3) is 5.91 Å². The molecule has 0 aliphatic carbocycles. The van der Waals surface area contributed by atoms with E-state index in [9.17, 15) is 19.2 Å². The van der Waals surface area contributed by atoms with E-state index in [1.54, 1.807) is 30.3 Å². The average molecular weight is 394 g/mol. The number of hydrogen-bond acceptors (Lipinski definition) is 5. The van der Waals surface area contributed by atoms with Gasteiger partial charge in [0.15, 0.2) is 0 Å². The first-order valence-corrected chi connectivity index (χ1v) is 9.15. The minimum atomic E-state index is -0.995. The molecule has 1 atom stereocenters. The number of nitrogens with zero attached hydrogens (tertiary/aromatic N) is 1. The lowest BCUT2D eigenvalue weighted by atomic mass is 10.0. The van der Waals surface area contributed by atoms with Crippen molar-refractivity contribution in [2.45, 2.75) is 32.0 Å². The van der Waals surface area contributed by atoms with Gasteiger partial charge in [-0.2, -0.15) is 0 Å². The largest absolute Gasteiger partial charge is 0.489 e. The van der Waals surface area contributed by atoms with Gasteiger partial charge >= 0.3 is 5.97 Å². The minimum Gasteiger partial charge on any atom is -0.489 e. The van der Waals surface area contributed by atoms with Crippen LogP contribution >= 0.6 is 0 Å². The summed E-state index contributed by atoms with van der Waals surface area (Å²) in [6.45, 7) is 0.442. The molecule has 8 nitrogen and oxygen atoms in total. The molecule has 2 aliphatic heterocycles. The third-order valence-electron chi connectivity index (χ3n) is 5.13. The van der Waals surface area contributed by atoms with Gasteiger partial charge in [-0.15, -0.1) is 0 Å². The predicted molar refractivity (Wildman–Crippen MR) is 100 cm³/mol. The number of carboxylic acid groups (broad SMARTS) is 1. The lowest BCUT2D eigenvalue weighted by molar-refractivity contribution is -0.136. The minimum absolute atomic E-state index is 0.194. The lowest BCUT2D eigenvalue weighted by Gasteiger charge is -2.29. The number of aromatic carboxylic acids is 1. The van der Waals surface area contributed by atoms with Crippen LogP contribution in [0.15, 0.2) is 42.5 Å². The maximum Gasteiger partial charge on any atom is 0.335 e. The molecule has 8 heteroatoms. The molecule has 1 saturated heterocycles. The van der Waals surface area contributed by atoms with Gasteiger partial charge in [-0.25, -0.2) is 4.79 Å². The zero-order chi connectivity index (χ0) is 20.5. The number of carbonyl (C=O) groups excluding carboxylic acids is 3. The number of nitrogens with one attached hydrogen (secondary N) is 1. The maximum atomic E-state index is 12.8. The van der Waals surface area contributed by atoms with Crippen LogP contribution in [0.5, 0.6) is 5.75 Å². The molecule has 0 aromatic heterocycles. The van der Waals surface area contributed by atoms with Gasteiger partial charge in [-0.05, 0) is 36.2 Å². The number of piperidine rings is 1. The molecular weight excluding hydrogens is 376 g/mol. The lowest BCUT2D eigenvalue weighted by Crippen LogP contribution is -2.52. The smallest absolute Gasteiger partial charge is 0.335 e. The molecule has 2 N–H and O–H groups in total. The molecular formula is C21H18N2O6. The number of fused-ring (bicyclic) bond motifs is 1. The molecule has 1 unspecified atom stereocenters. The van der Waals surface area contributed by atoms with Crippen LogP contribution in [0.2, 0.25) is 0 Å². The molecule has 0 saturated carbocycles. The van der Waals surface area contributed by atoms with Crippen molar-refractivity contribution in [2.75, 3.05) is 0 Å². The molecule has 2 aliphatic rings. The molecule has 2 aromatic rings. The van der Waals surface area contributed by atoms with Crippen molar-refractivity contribution in [3.05, 3.63) is 64.7 Å². The Morgan fingerprint density at radius 1 is 1.14 bits per heavy atom. The summed E-state index contributed by atoms with van der Waals surface area (Å²) in [6, 6.07) is 10.8. The number of ether oxygens (including phenoxy) is 1. The van der Waals surface area contributed by atoms with Gasteiger partial charge in [0, 0.05) is 17.5 Å². The second kappa shape index (κ2) is 7.38. The standard InChI is InChI=1S/C21H18N2O6/c24-18-9-8-16(19(25)22-18)23-10-15-14(20(23)26)2-1-3-17(15)29-11-12-4-6-13(7-5-12)21(27)28/h1-7,16H,8-11H2,(H,27,28)(H,22,24,25). The highest BCUT2D eigenvalue weighted by Crippen LogP contribution is 2.33. The fourth-order valence-corrected chi connectivity index (χ4v) is 3.60. The zero-order valence-corrected chi connectivity index (χ0v) is 15.4. The van der Waals surface area contributed by atoms with Crippen LogP contribution in [-0.4, -0.2) is 39.7 Å². The van der Waals surface area contributed by atoms with E-state index in [1.807, 2.05) is 0 Å². The average Bonchev–Trinajstić information content (AvgIpc) is 3.04. The summed E-state index contributed by atoms with van der Waals surface area (Å²) in [5.74, 6) is -1.50. The first-order chi connectivity index (χ1) is 13.9. The first-order valence-electron chi connectivity index (χ1n) is 9.15. The number of hydrogen-bond donors (Lipinski definition) is 2. The van der Waals surface area contributed by atoms with Gasteiger partial charge in [0.2, 0.25) is 11.8 Å². The summed E-state index contributed by atoms with van der Waals surface area (Å²) in [7, 11) is 0. The van der Waals surface area contributed by atoms with Crippen LogP contribution < -0.4 is 10.1 Å². The molecule has 148 valence electrons. The van der Waals surface area contributed by atoms with Crippen LogP contribution in [0.1, 0.15) is 44.7 Å².